The van der Waals surface area contributed by atoms with Crippen LogP contribution >= 0.6 is 15.9 Å². The van der Waals surface area contributed by atoms with Gasteiger partial charge in [-0.25, -0.2) is 4.21 Å². The molecule has 80 valence electrons. The van der Waals surface area contributed by atoms with Crippen LogP contribution in [0.25, 0.3) is 0 Å². The molecule has 3 rings (SSSR count). The minimum Gasteiger partial charge on any atom is -0.354 e. The van der Waals surface area contributed by atoms with Crippen molar-refractivity contribution >= 4 is 38.1 Å². The zero-order chi connectivity index (χ0) is 11.1. The molecule has 0 bridgehead atoms. The molecule has 1 heterocycles. The van der Waals surface area contributed by atoms with Crippen LogP contribution in [0.4, 0.5) is 11.4 Å². The number of hydrogen-bond acceptors (Lipinski definition) is 2. The first-order valence-corrected chi connectivity index (χ1v) is 6.77. The van der Waals surface area contributed by atoms with Crippen LogP contribution in [-0.2, 0) is 10.8 Å². The van der Waals surface area contributed by atoms with Gasteiger partial charge in [0.25, 0.3) is 0 Å². The zero-order valence-corrected chi connectivity index (χ0v) is 10.6. The third-order valence-electron chi connectivity index (χ3n) is 2.50. The van der Waals surface area contributed by atoms with Crippen molar-refractivity contribution in [3.63, 3.8) is 0 Å². The molecule has 16 heavy (non-hydrogen) atoms. The maximum absolute atomic E-state index is 12.3. The second kappa shape index (κ2) is 3.71. The van der Waals surface area contributed by atoms with Crippen LogP contribution in [0.15, 0.2) is 56.7 Å². The molecule has 2 aromatic carbocycles. The number of benzene rings is 2. The summed E-state index contributed by atoms with van der Waals surface area (Å²) in [5.41, 5.74) is 1.84. The van der Waals surface area contributed by atoms with Gasteiger partial charge in [-0.05, 0) is 30.3 Å². The van der Waals surface area contributed by atoms with Gasteiger partial charge >= 0.3 is 0 Å². The Morgan fingerprint density at radius 1 is 1.00 bits per heavy atom. The van der Waals surface area contributed by atoms with Gasteiger partial charge in [0.2, 0.25) is 0 Å². The standard InChI is InChI=1S/C12H8BrNOS/c13-8-5-6-10-12(7-8)16(15)11-4-2-1-3-9(11)14-10/h1-7,14H. The van der Waals surface area contributed by atoms with Gasteiger partial charge in [-0.1, -0.05) is 28.1 Å². The maximum atomic E-state index is 12.3. The van der Waals surface area contributed by atoms with E-state index in [-0.39, 0.29) is 0 Å². The lowest BCUT2D eigenvalue weighted by Gasteiger charge is -2.20. The van der Waals surface area contributed by atoms with Crippen LogP contribution in [0.2, 0.25) is 0 Å². The van der Waals surface area contributed by atoms with Crippen LogP contribution in [-0.4, -0.2) is 4.21 Å². The topological polar surface area (TPSA) is 29.1 Å². The van der Waals surface area contributed by atoms with E-state index in [2.05, 4.69) is 21.2 Å². The van der Waals surface area contributed by atoms with Crippen LogP contribution < -0.4 is 5.32 Å². The first-order chi connectivity index (χ1) is 7.75. The van der Waals surface area contributed by atoms with Crippen molar-refractivity contribution in [1.82, 2.24) is 0 Å². The number of rotatable bonds is 0. The fourth-order valence-electron chi connectivity index (χ4n) is 1.75. The van der Waals surface area contributed by atoms with Gasteiger partial charge in [0.1, 0.15) is 0 Å². The number of hydrogen-bond donors (Lipinski definition) is 1. The highest BCUT2D eigenvalue weighted by Gasteiger charge is 2.21. The van der Waals surface area contributed by atoms with E-state index in [1.807, 2.05) is 42.5 Å². The predicted molar refractivity (Wildman–Crippen MR) is 68.5 cm³/mol. The average molecular weight is 294 g/mol. The summed E-state index contributed by atoms with van der Waals surface area (Å²) >= 11 is 3.40. The van der Waals surface area contributed by atoms with E-state index < -0.39 is 10.8 Å². The van der Waals surface area contributed by atoms with Crippen LogP contribution in [0.3, 0.4) is 0 Å². The molecule has 2 nitrogen and oxygen atoms in total. The molecule has 0 fully saturated rings. The molecule has 1 aliphatic heterocycles. The van der Waals surface area contributed by atoms with Crippen LogP contribution in [0, 0.1) is 0 Å². The van der Waals surface area contributed by atoms with Crippen molar-refractivity contribution in [2.45, 2.75) is 9.79 Å². The van der Waals surface area contributed by atoms with Gasteiger partial charge in [0.15, 0.2) is 0 Å². The van der Waals surface area contributed by atoms with E-state index in [0.29, 0.717) is 0 Å². The minimum atomic E-state index is -1.09. The predicted octanol–water partition coefficient (Wildman–Crippen LogP) is 3.67. The molecule has 0 aliphatic carbocycles. The van der Waals surface area contributed by atoms with Crippen LogP contribution in [0.1, 0.15) is 0 Å². The van der Waals surface area contributed by atoms with Gasteiger partial charge in [0, 0.05) is 4.47 Å². The molecular weight excluding hydrogens is 286 g/mol. The van der Waals surface area contributed by atoms with Crippen molar-refractivity contribution in [1.29, 1.82) is 0 Å². The van der Waals surface area contributed by atoms with Gasteiger partial charge in [0.05, 0.1) is 32.0 Å². The molecule has 0 saturated carbocycles. The summed E-state index contributed by atoms with van der Waals surface area (Å²) in [5.74, 6) is 0. The second-order valence-corrected chi connectivity index (χ2v) is 5.86. The SMILES string of the molecule is O=S1c2ccccc2Nc2ccc(Br)cc21. The summed E-state index contributed by atoms with van der Waals surface area (Å²) in [4.78, 5) is 1.67. The van der Waals surface area contributed by atoms with E-state index in [1.165, 1.54) is 0 Å². The Morgan fingerprint density at radius 3 is 2.62 bits per heavy atom. The molecular formula is C12H8BrNOS. The normalized spacial score (nSPS) is 17.2. The molecule has 0 saturated heterocycles. The molecule has 2 aromatic rings. The van der Waals surface area contributed by atoms with Crippen molar-refractivity contribution in [2.75, 3.05) is 5.32 Å². The van der Waals surface area contributed by atoms with Crippen molar-refractivity contribution < 1.29 is 4.21 Å². The molecule has 0 amide bonds. The number of para-hydroxylation sites is 1. The summed E-state index contributed by atoms with van der Waals surface area (Å²) in [6.07, 6.45) is 0. The van der Waals surface area contributed by atoms with Crippen molar-refractivity contribution in [3.8, 4) is 0 Å². The van der Waals surface area contributed by atoms with Gasteiger partial charge in [-0.15, -0.1) is 0 Å². The van der Waals surface area contributed by atoms with Crippen molar-refractivity contribution in [2.24, 2.45) is 0 Å². The monoisotopic (exact) mass is 293 g/mol. The largest absolute Gasteiger partial charge is 0.354 e. The summed E-state index contributed by atoms with van der Waals surface area (Å²) in [6.45, 7) is 0. The first-order valence-electron chi connectivity index (χ1n) is 4.83. The highest BCUT2D eigenvalue weighted by molar-refractivity contribution is 9.10. The van der Waals surface area contributed by atoms with Crippen LogP contribution in [0.5, 0.6) is 0 Å². The van der Waals surface area contributed by atoms with Crippen molar-refractivity contribution in [3.05, 3.63) is 46.9 Å². The highest BCUT2D eigenvalue weighted by Crippen LogP contribution is 2.37. The first kappa shape index (κ1) is 10.1. The molecule has 0 spiro atoms. The molecule has 1 aliphatic rings. The average Bonchev–Trinajstić information content (AvgIpc) is 2.31. The summed E-state index contributed by atoms with van der Waals surface area (Å²) in [6, 6.07) is 13.5. The fourth-order valence-corrected chi connectivity index (χ4v) is 3.57. The molecule has 4 heteroatoms. The Morgan fingerprint density at radius 2 is 1.75 bits per heavy atom. The lowest BCUT2D eigenvalue weighted by Crippen LogP contribution is -2.08. The summed E-state index contributed by atoms with van der Waals surface area (Å²) in [5, 5.41) is 3.28. The highest BCUT2D eigenvalue weighted by atomic mass is 79.9. The molecule has 1 unspecified atom stereocenters. The second-order valence-electron chi connectivity index (χ2n) is 3.53. The lowest BCUT2D eigenvalue weighted by molar-refractivity contribution is 0.683. The molecule has 1 atom stereocenters. The maximum Gasteiger partial charge on any atom is 0.0892 e. The summed E-state index contributed by atoms with van der Waals surface area (Å²) < 4.78 is 13.3. The van der Waals surface area contributed by atoms with Gasteiger partial charge < -0.3 is 5.32 Å². The lowest BCUT2D eigenvalue weighted by atomic mass is 10.2. The smallest absolute Gasteiger partial charge is 0.0892 e. The Labute approximate surface area is 104 Å². The van der Waals surface area contributed by atoms with Gasteiger partial charge in [-0.3, -0.25) is 0 Å². The number of nitrogens with one attached hydrogen (secondary N) is 1. The zero-order valence-electron chi connectivity index (χ0n) is 8.24. The molecule has 1 N–H and O–H groups in total. The van der Waals surface area contributed by atoms with E-state index in [4.69, 9.17) is 0 Å². The van der Waals surface area contributed by atoms with E-state index in [0.717, 1.165) is 25.6 Å². The number of halogens is 1. The molecule has 0 aromatic heterocycles. The van der Waals surface area contributed by atoms with E-state index in [1.54, 1.807) is 0 Å². The Balaban J connectivity index is 2.23. The Kier molecular flexibility index (Phi) is 2.33. The molecule has 0 radical (unpaired) electrons. The minimum absolute atomic E-state index is 0.827. The third kappa shape index (κ3) is 1.49. The quantitative estimate of drug-likeness (QED) is 0.685. The number of fused-ring (bicyclic) bond motifs is 2. The summed E-state index contributed by atoms with van der Waals surface area (Å²) in [7, 11) is -1.09. The Hall–Kier alpha value is -1.13. The van der Waals surface area contributed by atoms with E-state index >= 15 is 0 Å². The number of anilines is 2. The Bertz CT molecular complexity index is 597. The van der Waals surface area contributed by atoms with E-state index in [9.17, 15) is 4.21 Å². The fraction of sp³-hybridized carbons (Fsp3) is 0. The van der Waals surface area contributed by atoms with Gasteiger partial charge in [-0.2, -0.15) is 0 Å². The third-order valence-corrected chi connectivity index (χ3v) is 4.49.